The average Bonchev–Trinajstić information content (AvgIpc) is 2.60. The third-order valence-corrected chi connectivity index (χ3v) is 4.83. The minimum Gasteiger partial charge on any atom is -0.496 e. The van der Waals surface area contributed by atoms with E-state index >= 15 is 0 Å². The van der Waals surface area contributed by atoms with E-state index in [1.165, 1.54) is 32.1 Å². The maximum atomic E-state index is 12.4. The minimum absolute atomic E-state index is 0.0521. The van der Waals surface area contributed by atoms with Crippen molar-refractivity contribution in [2.75, 3.05) is 20.2 Å². The number of rotatable bonds is 7. The predicted molar refractivity (Wildman–Crippen MR) is 93.7 cm³/mol. The molecule has 1 aromatic rings. The Balaban J connectivity index is 1.92. The van der Waals surface area contributed by atoms with Crippen molar-refractivity contribution in [1.82, 2.24) is 10.2 Å². The van der Waals surface area contributed by atoms with E-state index in [0.717, 1.165) is 17.9 Å². The molecule has 1 unspecified atom stereocenters. The Morgan fingerprint density at radius 1 is 1.30 bits per heavy atom. The van der Waals surface area contributed by atoms with Gasteiger partial charge >= 0.3 is 0 Å². The van der Waals surface area contributed by atoms with E-state index in [4.69, 9.17) is 4.74 Å². The molecule has 0 heterocycles. The average molecular weight is 318 g/mol. The first-order chi connectivity index (χ1) is 11.2. The van der Waals surface area contributed by atoms with Gasteiger partial charge in [0.25, 0.3) is 0 Å². The third kappa shape index (κ3) is 4.96. The van der Waals surface area contributed by atoms with E-state index in [1.54, 1.807) is 7.11 Å². The molecule has 1 N–H and O–H groups in total. The van der Waals surface area contributed by atoms with Gasteiger partial charge in [0.05, 0.1) is 19.7 Å². The van der Waals surface area contributed by atoms with E-state index < -0.39 is 0 Å². The van der Waals surface area contributed by atoms with Gasteiger partial charge in [-0.05, 0) is 32.4 Å². The van der Waals surface area contributed by atoms with Crippen LogP contribution >= 0.6 is 0 Å². The van der Waals surface area contributed by atoms with Gasteiger partial charge in [-0.2, -0.15) is 0 Å². The summed E-state index contributed by atoms with van der Waals surface area (Å²) in [5.74, 6) is 0.913. The van der Waals surface area contributed by atoms with Crippen LogP contribution in [-0.4, -0.2) is 37.0 Å². The van der Waals surface area contributed by atoms with Gasteiger partial charge in [0.15, 0.2) is 0 Å². The molecule has 4 heteroatoms. The number of nitrogens with one attached hydrogen (secondary N) is 1. The van der Waals surface area contributed by atoms with Crippen molar-refractivity contribution in [3.05, 3.63) is 29.8 Å². The van der Waals surface area contributed by atoms with Crippen LogP contribution in [0.25, 0.3) is 0 Å². The van der Waals surface area contributed by atoms with E-state index in [2.05, 4.69) is 17.1 Å². The van der Waals surface area contributed by atoms with Gasteiger partial charge in [-0.3, -0.25) is 9.69 Å². The van der Waals surface area contributed by atoms with Gasteiger partial charge in [-0.25, -0.2) is 0 Å². The Morgan fingerprint density at radius 2 is 2.00 bits per heavy atom. The zero-order valence-corrected chi connectivity index (χ0v) is 14.7. The van der Waals surface area contributed by atoms with Crippen molar-refractivity contribution in [1.29, 1.82) is 0 Å². The number of para-hydroxylation sites is 1. The van der Waals surface area contributed by atoms with Crippen molar-refractivity contribution in [2.24, 2.45) is 0 Å². The predicted octanol–water partition coefficient (Wildman–Crippen LogP) is 3.53. The lowest BCUT2D eigenvalue weighted by Crippen LogP contribution is -2.44. The van der Waals surface area contributed by atoms with Crippen molar-refractivity contribution in [3.8, 4) is 5.75 Å². The Labute approximate surface area is 140 Å². The molecule has 1 atom stereocenters. The molecule has 0 aromatic heterocycles. The Morgan fingerprint density at radius 3 is 2.65 bits per heavy atom. The van der Waals surface area contributed by atoms with E-state index in [0.29, 0.717) is 12.6 Å². The molecule has 4 nitrogen and oxygen atoms in total. The first-order valence-electron chi connectivity index (χ1n) is 8.82. The molecule has 1 aromatic carbocycles. The highest BCUT2D eigenvalue weighted by Crippen LogP contribution is 2.25. The van der Waals surface area contributed by atoms with Gasteiger partial charge in [-0.1, -0.05) is 44.4 Å². The number of ether oxygens (including phenoxy) is 1. The van der Waals surface area contributed by atoms with Crippen LogP contribution in [0.5, 0.6) is 5.75 Å². The Bertz CT molecular complexity index is 498. The van der Waals surface area contributed by atoms with Crippen LogP contribution in [0.3, 0.4) is 0 Å². The van der Waals surface area contributed by atoms with Crippen LogP contribution < -0.4 is 10.1 Å². The fourth-order valence-electron chi connectivity index (χ4n) is 3.52. The van der Waals surface area contributed by atoms with Gasteiger partial charge in [0.1, 0.15) is 5.75 Å². The number of hydrogen-bond donors (Lipinski definition) is 1. The highest BCUT2D eigenvalue weighted by molar-refractivity contribution is 5.78. The summed E-state index contributed by atoms with van der Waals surface area (Å²) in [6, 6.07) is 8.37. The number of likely N-dealkylation sites (N-methyl/N-ethyl adjacent to an activating group) is 1. The normalized spacial score (nSPS) is 17.0. The van der Waals surface area contributed by atoms with Crippen LogP contribution in [0.2, 0.25) is 0 Å². The zero-order chi connectivity index (χ0) is 16.7. The molecular weight excluding hydrogens is 288 g/mol. The van der Waals surface area contributed by atoms with E-state index in [-0.39, 0.29) is 11.9 Å². The van der Waals surface area contributed by atoms with Crippen LogP contribution in [0.1, 0.15) is 57.6 Å². The van der Waals surface area contributed by atoms with Gasteiger partial charge in [-0.15, -0.1) is 0 Å². The number of carbonyl (C=O) groups is 1. The zero-order valence-electron chi connectivity index (χ0n) is 14.7. The fourth-order valence-corrected chi connectivity index (χ4v) is 3.52. The molecular formula is C19H30N2O2. The van der Waals surface area contributed by atoms with Crippen molar-refractivity contribution in [2.45, 2.75) is 58.0 Å². The minimum atomic E-state index is -0.0521. The highest BCUT2D eigenvalue weighted by Gasteiger charge is 2.22. The summed E-state index contributed by atoms with van der Waals surface area (Å²) in [5.41, 5.74) is 1.02. The molecule has 1 amide bonds. The van der Waals surface area contributed by atoms with Gasteiger partial charge in [0, 0.05) is 11.6 Å². The van der Waals surface area contributed by atoms with Crippen molar-refractivity contribution < 1.29 is 9.53 Å². The first kappa shape index (κ1) is 17.8. The molecule has 2 rings (SSSR count). The van der Waals surface area contributed by atoms with Crippen LogP contribution in [0.15, 0.2) is 24.3 Å². The fraction of sp³-hybridized carbons (Fsp3) is 0.632. The summed E-state index contributed by atoms with van der Waals surface area (Å²) < 4.78 is 5.38. The largest absolute Gasteiger partial charge is 0.496 e. The Kier molecular flexibility index (Phi) is 6.90. The first-order valence-corrected chi connectivity index (χ1v) is 8.82. The van der Waals surface area contributed by atoms with Crippen LogP contribution in [0, 0.1) is 0 Å². The van der Waals surface area contributed by atoms with Crippen molar-refractivity contribution in [3.63, 3.8) is 0 Å². The summed E-state index contributed by atoms with van der Waals surface area (Å²) in [4.78, 5) is 14.8. The molecule has 1 saturated carbocycles. The summed E-state index contributed by atoms with van der Waals surface area (Å²) in [7, 11) is 1.66. The molecule has 23 heavy (non-hydrogen) atoms. The lowest BCUT2D eigenvalue weighted by molar-refractivity contribution is -0.123. The summed E-state index contributed by atoms with van der Waals surface area (Å²) >= 11 is 0. The SMILES string of the molecule is CCN(CC(=O)NC(C)c1ccccc1OC)C1CCCCC1. The monoisotopic (exact) mass is 318 g/mol. The second kappa shape index (κ2) is 8.92. The second-order valence-corrected chi connectivity index (χ2v) is 6.39. The van der Waals surface area contributed by atoms with E-state index in [1.807, 2.05) is 31.2 Å². The van der Waals surface area contributed by atoms with E-state index in [9.17, 15) is 4.79 Å². The quantitative estimate of drug-likeness (QED) is 0.836. The maximum absolute atomic E-state index is 12.4. The maximum Gasteiger partial charge on any atom is 0.234 e. The smallest absolute Gasteiger partial charge is 0.234 e. The third-order valence-electron chi connectivity index (χ3n) is 4.83. The second-order valence-electron chi connectivity index (χ2n) is 6.39. The van der Waals surface area contributed by atoms with Crippen LogP contribution in [-0.2, 0) is 4.79 Å². The van der Waals surface area contributed by atoms with Crippen molar-refractivity contribution >= 4 is 5.91 Å². The molecule has 128 valence electrons. The Hall–Kier alpha value is -1.55. The standard InChI is InChI=1S/C19H30N2O2/c1-4-21(16-10-6-5-7-11-16)14-19(22)20-15(2)17-12-8-9-13-18(17)23-3/h8-9,12-13,15-16H,4-7,10-11,14H2,1-3H3,(H,20,22). The molecule has 0 radical (unpaired) electrons. The number of benzene rings is 1. The summed E-state index contributed by atoms with van der Waals surface area (Å²) in [6.07, 6.45) is 6.37. The highest BCUT2D eigenvalue weighted by atomic mass is 16.5. The molecule has 1 aliphatic carbocycles. The molecule has 1 fully saturated rings. The number of methoxy groups -OCH3 is 1. The number of carbonyl (C=O) groups excluding carboxylic acids is 1. The number of nitrogens with zero attached hydrogens (tertiary/aromatic N) is 1. The lowest BCUT2D eigenvalue weighted by Gasteiger charge is -2.33. The number of amides is 1. The number of hydrogen-bond acceptors (Lipinski definition) is 3. The molecule has 1 aliphatic rings. The summed E-state index contributed by atoms with van der Waals surface area (Å²) in [5, 5.41) is 3.11. The molecule has 0 bridgehead atoms. The topological polar surface area (TPSA) is 41.6 Å². The lowest BCUT2D eigenvalue weighted by atomic mass is 9.94. The molecule has 0 aliphatic heterocycles. The van der Waals surface area contributed by atoms with Crippen LogP contribution in [0.4, 0.5) is 0 Å². The molecule has 0 spiro atoms. The van der Waals surface area contributed by atoms with Gasteiger partial charge < -0.3 is 10.1 Å². The molecule has 0 saturated heterocycles. The van der Waals surface area contributed by atoms with Gasteiger partial charge in [0.2, 0.25) is 5.91 Å². The summed E-state index contributed by atoms with van der Waals surface area (Å²) in [6.45, 7) is 5.57.